The average Bonchev–Trinajstić information content (AvgIpc) is 2.02. The van der Waals surface area contributed by atoms with E-state index in [0.29, 0.717) is 6.42 Å². The van der Waals surface area contributed by atoms with Gasteiger partial charge in [0, 0.05) is 6.42 Å². The Morgan fingerprint density at radius 1 is 1.42 bits per heavy atom. The van der Waals surface area contributed by atoms with Crippen LogP contribution < -0.4 is 0 Å². The van der Waals surface area contributed by atoms with E-state index in [4.69, 9.17) is 4.74 Å². The van der Waals surface area contributed by atoms with Crippen LogP contribution in [-0.4, -0.2) is 22.6 Å². The molecule has 0 fully saturated rings. The molecule has 0 bridgehead atoms. The highest BCUT2D eigenvalue weighted by Crippen LogP contribution is 2.31. The summed E-state index contributed by atoms with van der Waals surface area (Å²) < 4.78 is 5.35. The minimum Gasteiger partial charge on any atom is -0.494 e. The Labute approximate surface area is 71.0 Å². The summed E-state index contributed by atoms with van der Waals surface area (Å²) in [6, 6.07) is 0. The highest BCUT2D eigenvalue weighted by atomic mass is 16.5. The van der Waals surface area contributed by atoms with E-state index >= 15 is 0 Å². The van der Waals surface area contributed by atoms with Crippen molar-refractivity contribution >= 4 is 0 Å². The minimum absolute atomic E-state index is 0.291. The smallest absolute Gasteiger partial charge is 0.186 e. The molecule has 66 valence electrons. The molecule has 0 amide bonds. The van der Waals surface area contributed by atoms with Crippen molar-refractivity contribution in [1.29, 1.82) is 0 Å². The summed E-state index contributed by atoms with van der Waals surface area (Å²) in [6.07, 6.45) is 5.21. The minimum atomic E-state index is -1.65. The molecule has 2 N–H and O–H groups in total. The molecule has 0 aromatic rings. The molecule has 0 atom stereocenters. The lowest BCUT2D eigenvalue weighted by molar-refractivity contribution is -0.119. The molecule has 2 aliphatic rings. The van der Waals surface area contributed by atoms with Crippen molar-refractivity contribution in [2.45, 2.75) is 25.0 Å². The van der Waals surface area contributed by atoms with Gasteiger partial charge < -0.3 is 14.9 Å². The predicted octanol–water partition coefficient (Wildman–Crippen LogP) is 0.692. The van der Waals surface area contributed by atoms with Crippen molar-refractivity contribution < 1.29 is 14.9 Å². The number of hydrogen-bond acceptors (Lipinski definition) is 3. The van der Waals surface area contributed by atoms with Crippen LogP contribution in [0.3, 0.4) is 0 Å². The highest BCUT2D eigenvalue weighted by molar-refractivity contribution is 5.29. The highest BCUT2D eigenvalue weighted by Gasteiger charge is 2.28. The number of allylic oxidation sites excluding steroid dienone is 1. The topological polar surface area (TPSA) is 49.7 Å². The van der Waals surface area contributed by atoms with Gasteiger partial charge in [0.2, 0.25) is 0 Å². The molecule has 0 saturated heterocycles. The van der Waals surface area contributed by atoms with Gasteiger partial charge in [-0.05, 0) is 30.6 Å². The van der Waals surface area contributed by atoms with Gasteiger partial charge in [0.25, 0.3) is 0 Å². The van der Waals surface area contributed by atoms with Gasteiger partial charge in [-0.15, -0.1) is 0 Å². The van der Waals surface area contributed by atoms with Gasteiger partial charge in [-0.25, -0.2) is 0 Å². The third-order valence-electron chi connectivity index (χ3n) is 2.20. The molecule has 2 rings (SSSR count). The fraction of sp³-hybridized carbons (Fsp3) is 0.556. The van der Waals surface area contributed by atoms with Crippen LogP contribution in [0, 0.1) is 0 Å². The normalized spacial score (nSPS) is 26.5. The number of hydrogen-bond donors (Lipinski definition) is 2. The lowest BCUT2D eigenvalue weighted by atomic mass is 9.93. The van der Waals surface area contributed by atoms with Crippen molar-refractivity contribution in [2.75, 3.05) is 6.61 Å². The molecular formula is C9H12O3. The molecule has 0 aromatic heterocycles. The fourth-order valence-corrected chi connectivity index (χ4v) is 1.62. The third-order valence-corrected chi connectivity index (χ3v) is 2.20. The second-order valence-corrected chi connectivity index (χ2v) is 3.31. The molecule has 0 unspecified atom stereocenters. The van der Waals surface area contributed by atoms with Crippen molar-refractivity contribution in [3.05, 3.63) is 23.5 Å². The van der Waals surface area contributed by atoms with E-state index in [1.165, 1.54) is 6.08 Å². The molecule has 0 saturated carbocycles. The Balaban J connectivity index is 2.23. The first-order valence-corrected chi connectivity index (χ1v) is 4.16. The van der Waals surface area contributed by atoms with E-state index < -0.39 is 5.79 Å². The Kier molecular flexibility index (Phi) is 1.70. The van der Waals surface area contributed by atoms with Crippen molar-refractivity contribution in [3.63, 3.8) is 0 Å². The van der Waals surface area contributed by atoms with Gasteiger partial charge in [-0.2, -0.15) is 0 Å². The summed E-state index contributed by atoms with van der Waals surface area (Å²) in [7, 11) is 0. The van der Waals surface area contributed by atoms with Crippen molar-refractivity contribution in [1.82, 2.24) is 0 Å². The van der Waals surface area contributed by atoms with Gasteiger partial charge in [0.15, 0.2) is 5.79 Å². The molecule has 3 heteroatoms. The second kappa shape index (κ2) is 2.61. The van der Waals surface area contributed by atoms with E-state index in [-0.39, 0.29) is 0 Å². The maximum Gasteiger partial charge on any atom is 0.186 e. The predicted molar refractivity (Wildman–Crippen MR) is 43.1 cm³/mol. The van der Waals surface area contributed by atoms with Gasteiger partial charge in [0.1, 0.15) is 5.76 Å². The van der Waals surface area contributed by atoms with Crippen LogP contribution in [0.25, 0.3) is 0 Å². The number of aliphatic hydroxyl groups is 2. The maximum atomic E-state index is 9.29. The van der Waals surface area contributed by atoms with Crippen LogP contribution in [0.1, 0.15) is 19.3 Å². The van der Waals surface area contributed by atoms with Crippen LogP contribution in [0.4, 0.5) is 0 Å². The molecular weight excluding hydrogens is 156 g/mol. The molecule has 1 heterocycles. The van der Waals surface area contributed by atoms with Crippen LogP contribution in [0.2, 0.25) is 0 Å². The Morgan fingerprint density at radius 3 is 3.08 bits per heavy atom. The molecule has 1 aliphatic heterocycles. The van der Waals surface area contributed by atoms with Crippen LogP contribution in [0.5, 0.6) is 0 Å². The summed E-state index contributed by atoms with van der Waals surface area (Å²) in [5.74, 6) is -0.820. The number of ether oxygens (including phenoxy) is 1. The van der Waals surface area contributed by atoms with Crippen LogP contribution in [-0.2, 0) is 4.74 Å². The monoisotopic (exact) mass is 168 g/mol. The maximum absolute atomic E-state index is 9.29. The summed E-state index contributed by atoms with van der Waals surface area (Å²) in [5.41, 5.74) is 1.02. The zero-order valence-electron chi connectivity index (χ0n) is 6.79. The third kappa shape index (κ3) is 1.38. The fourth-order valence-electron chi connectivity index (χ4n) is 1.62. The second-order valence-electron chi connectivity index (χ2n) is 3.31. The van der Waals surface area contributed by atoms with E-state index in [1.807, 2.05) is 0 Å². The van der Waals surface area contributed by atoms with E-state index in [2.05, 4.69) is 0 Å². The molecule has 1 aliphatic carbocycles. The molecule has 3 nitrogen and oxygen atoms in total. The first-order chi connectivity index (χ1) is 5.67. The van der Waals surface area contributed by atoms with Crippen LogP contribution in [0.15, 0.2) is 23.5 Å². The molecule has 12 heavy (non-hydrogen) atoms. The van der Waals surface area contributed by atoms with Gasteiger partial charge in [-0.1, -0.05) is 0 Å². The average molecular weight is 168 g/mol. The first-order valence-electron chi connectivity index (χ1n) is 4.16. The summed E-state index contributed by atoms with van der Waals surface area (Å²) in [5, 5.41) is 18.6. The van der Waals surface area contributed by atoms with Crippen LogP contribution >= 0.6 is 0 Å². The van der Waals surface area contributed by atoms with E-state index in [1.54, 1.807) is 6.08 Å². The van der Waals surface area contributed by atoms with Gasteiger partial charge in [0.05, 0.1) is 6.61 Å². The Bertz CT molecular complexity index is 250. The van der Waals surface area contributed by atoms with Gasteiger partial charge >= 0.3 is 0 Å². The first kappa shape index (κ1) is 7.83. The molecule has 0 aromatic carbocycles. The molecule has 0 radical (unpaired) electrons. The SMILES string of the molecule is OC1(O)C=CC2=C(CCCO2)C1. The van der Waals surface area contributed by atoms with Crippen molar-refractivity contribution in [3.8, 4) is 0 Å². The lowest BCUT2D eigenvalue weighted by Crippen LogP contribution is -2.29. The van der Waals surface area contributed by atoms with E-state index in [9.17, 15) is 10.2 Å². The largest absolute Gasteiger partial charge is 0.494 e. The lowest BCUT2D eigenvalue weighted by Gasteiger charge is -2.28. The van der Waals surface area contributed by atoms with Gasteiger partial charge in [-0.3, -0.25) is 0 Å². The quantitative estimate of drug-likeness (QED) is 0.523. The summed E-state index contributed by atoms with van der Waals surface area (Å²) in [6.45, 7) is 0.743. The standard InChI is InChI=1S/C9H12O3/c10-9(11)4-3-8-7(6-9)2-1-5-12-8/h3-4,10-11H,1-2,5-6H2. The summed E-state index contributed by atoms with van der Waals surface area (Å²) in [4.78, 5) is 0. The zero-order valence-corrected chi connectivity index (χ0v) is 6.79. The Hall–Kier alpha value is -0.800. The Morgan fingerprint density at radius 2 is 2.25 bits per heavy atom. The van der Waals surface area contributed by atoms with E-state index in [0.717, 1.165) is 30.8 Å². The number of rotatable bonds is 0. The molecule has 0 spiro atoms. The van der Waals surface area contributed by atoms with Crippen molar-refractivity contribution in [2.24, 2.45) is 0 Å². The summed E-state index contributed by atoms with van der Waals surface area (Å²) >= 11 is 0. The zero-order chi connectivity index (χ0) is 8.60.